The smallest absolute Gasteiger partial charge is 0.253 e. The molecule has 0 aliphatic heterocycles. The van der Waals surface area contributed by atoms with Crippen LogP contribution in [0.25, 0.3) is 0 Å². The summed E-state index contributed by atoms with van der Waals surface area (Å²) in [5, 5.41) is 4.44. The molecule has 0 fully saturated rings. The fourth-order valence-electron chi connectivity index (χ4n) is 1.68. The molecule has 0 radical (unpaired) electrons. The van der Waals surface area contributed by atoms with Crippen molar-refractivity contribution in [1.29, 1.82) is 0 Å². The first-order valence-corrected chi connectivity index (χ1v) is 8.90. The van der Waals surface area contributed by atoms with Gasteiger partial charge in [-0.05, 0) is 44.2 Å². The molecule has 1 unspecified atom stereocenters. The van der Waals surface area contributed by atoms with Crippen molar-refractivity contribution in [3.8, 4) is 0 Å². The summed E-state index contributed by atoms with van der Waals surface area (Å²) < 4.78 is 0. The van der Waals surface area contributed by atoms with Crippen LogP contribution >= 0.6 is 39.3 Å². The first-order chi connectivity index (χ1) is 8.95. The van der Waals surface area contributed by atoms with Crippen molar-refractivity contribution in [2.45, 2.75) is 37.1 Å². The first-order valence-electron chi connectivity index (χ1n) is 6.17. The van der Waals surface area contributed by atoms with Gasteiger partial charge in [-0.25, -0.2) is 0 Å². The van der Waals surface area contributed by atoms with Crippen molar-refractivity contribution in [3.63, 3.8) is 0 Å². The fourth-order valence-corrected chi connectivity index (χ4v) is 3.20. The topological polar surface area (TPSA) is 29.1 Å². The van der Waals surface area contributed by atoms with Crippen LogP contribution < -0.4 is 5.32 Å². The van der Waals surface area contributed by atoms with Crippen molar-refractivity contribution in [2.24, 2.45) is 0 Å². The number of thioether (sulfide) groups is 1. The quantitative estimate of drug-likeness (QED) is 0.583. The minimum Gasteiger partial charge on any atom is -0.347 e. The zero-order valence-corrected chi connectivity index (χ0v) is 14.6. The lowest BCUT2D eigenvalue weighted by Gasteiger charge is -2.29. The van der Waals surface area contributed by atoms with Gasteiger partial charge in [0, 0.05) is 15.8 Å². The molecular formula is C14H19BrClNOS. The Morgan fingerprint density at radius 3 is 2.74 bits per heavy atom. The van der Waals surface area contributed by atoms with Gasteiger partial charge in [-0.3, -0.25) is 4.79 Å². The Balaban J connectivity index is 2.94. The van der Waals surface area contributed by atoms with Crippen molar-refractivity contribution in [2.75, 3.05) is 11.6 Å². The fraction of sp³-hybridized carbons (Fsp3) is 0.500. The number of carbonyl (C=O) groups excluding carboxylic acids is 1. The van der Waals surface area contributed by atoms with Gasteiger partial charge in [0.05, 0.1) is 10.6 Å². The summed E-state index contributed by atoms with van der Waals surface area (Å²) in [6.07, 6.45) is 3.74. The lowest BCUT2D eigenvalue weighted by atomic mass is 9.95. The lowest BCUT2D eigenvalue weighted by molar-refractivity contribution is 0.0902. The Morgan fingerprint density at radius 2 is 2.21 bits per heavy atom. The third-order valence-corrected chi connectivity index (χ3v) is 4.71. The van der Waals surface area contributed by atoms with E-state index in [1.807, 2.05) is 18.4 Å². The summed E-state index contributed by atoms with van der Waals surface area (Å²) >= 11 is 11.1. The number of nitrogens with one attached hydrogen (secondary N) is 1. The molecule has 5 heteroatoms. The number of carbonyl (C=O) groups is 1. The Hall–Kier alpha value is -0.190. The van der Waals surface area contributed by atoms with Crippen LogP contribution in [0.2, 0.25) is 5.02 Å². The summed E-state index contributed by atoms with van der Waals surface area (Å²) in [5.74, 6) is -0.105. The highest BCUT2D eigenvalue weighted by atomic mass is 79.9. The van der Waals surface area contributed by atoms with E-state index in [1.54, 1.807) is 17.8 Å². The lowest BCUT2D eigenvalue weighted by Crippen LogP contribution is -2.45. The number of amides is 1. The van der Waals surface area contributed by atoms with Crippen LogP contribution in [0.5, 0.6) is 0 Å². The van der Waals surface area contributed by atoms with E-state index in [-0.39, 0.29) is 11.4 Å². The molecule has 1 atom stereocenters. The van der Waals surface area contributed by atoms with E-state index < -0.39 is 0 Å². The van der Waals surface area contributed by atoms with Crippen molar-refractivity contribution in [3.05, 3.63) is 28.8 Å². The van der Waals surface area contributed by atoms with Gasteiger partial charge in [-0.15, -0.1) is 11.8 Å². The predicted molar refractivity (Wildman–Crippen MR) is 87.8 cm³/mol. The SMILES string of the molecule is CCC(C)(CCBr)NC(=O)c1cc(SC)ccc1Cl. The zero-order valence-electron chi connectivity index (χ0n) is 11.4. The number of rotatable bonds is 6. The van der Waals surface area contributed by atoms with Crippen LogP contribution in [0.4, 0.5) is 0 Å². The van der Waals surface area contributed by atoms with Gasteiger partial charge < -0.3 is 5.32 Å². The van der Waals surface area contributed by atoms with E-state index in [0.717, 1.165) is 23.1 Å². The van der Waals surface area contributed by atoms with Gasteiger partial charge in [0.25, 0.3) is 5.91 Å². The third kappa shape index (κ3) is 4.69. The van der Waals surface area contributed by atoms with Gasteiger partial charge >= 0.3 is 0 Å². The van der Waals surface area contributed by atoms with Crippen LogP contribution in [0, 0.1) is 0 Å². The molecule has 0 saturated carbocycles. The second-order valence-corrected chi connectivity index (χ2v) is 6.73. The largest absolute Gasteiger partial charge is 0.347 e. The molecule has 0 aromatic heterocycles. The first kappa shape index (κ1) is 16.9. The second-order valence-electron chi connectivity index (χ2n) is 4.65. The molecule has 106 valence electrons. The molecule has 0 spiro atoms. The molecule has 19 heavy (non-hydrogen) atoms. The Bertz CT molecular complexity index is 455. The molecule has 0 aliphatic carbocycles. The molecule has 0 aliphatic rings. The number of alkyl halides is 1. The maximum Gasteiger partial charge on any atom is 0.253 e. The van der Waals surface area contributed by atoms with E-state index in [2.05, 4.69) is 35.1 Å². The van der Waals surface area contributed by atoms with Gasteiger partial charge in [0.15, 0.2) is 0 Å². The third-order valence-electron chi connectivity index (χ3n) is 3.26. The van der Waals surface area contributed by atoms with E-state index in [0.29, 0.717) is 10.6 Å². The molecule has 0 saturated heterocycles. The molecule has 1 rings (SSSR count). The van der Waals surface area contributed by atoms with Gasteiger partial charge in [0.1, 0.15) is 0 Å². The normalized spacial score (nSPS) is 13.9. The second kappa shape index (κ2) is 7.55. The average molecular weight is 365 g/mol. The average Bonchev–Trinajstić information content (AvgIpc) is 2.39. The summed E-state index contributed by atoms with van der Waals surface area (Å²) in [6, 6.07) is 5.53. The summed E-state index contributed by atoms with van der Waals surface area (Å²) in [4.78, 5) is 13.4. The highest BCUT2D eigenvalue weighted by molar-refractivity contribution is 9.09. The molecule has 0 bridgehead atoms. The zero-order chi connectivity index (χ0) is 14.5. The van der Waals surface area contributed by atoms with E-state index >= 15 is 0 Å². The van der Waals surface area contributed by atoms with Crippen molar-refractivity contribution < 1.29 is 4.79 Å². The van der Waals surface area contributed by atoms with Crippen LogP contribution in [0.15, 0.2) is 23.1 Å². The summed E-state index contributed by atoms with van der Waals surface area (Å²) in [5.41, 5.74) is 0.335. The number of hydrogen-bond donors (Lipinski definition) is 1. The molecule has 1 aromatic rings. The molecule has 1 N–H and O–H groups in total. The van der Waals surface area contributed by atoms with Gasteiger partial charge in [-0.1, -0.05) is 34.5 Å². The molecule has 0 heterocycles. The van der Waals surface area contributed by atoms with E-state index in [1.165, 1.54) is 0 Å². The monoisotopic (exact) mass is 363 g/mol. The van der Waals surface area contributed by atoms with Crippen LogP contribution in [0.1, 0.15) is 37.0 Å². The number of hydrogen-bond acceptors (Lipinski definition) is 2. The van der Waals surface area contributed by atoms with Crippen molar-refractivity contribution >= 4 is 45.2 Å². The van der Waals surface area contributed by atoms with Gasteiger partial charge in [0.2, 0.25) is 0 Å². The van der Waals surface area contributed by atoms with E-state index in [9.17, 15) is 4.79 Å². The molecule has 2 nitrogen and oxygen atoms in total. The Kier molecular flexibility index (Phi) is 6.71. The van der Waals surface area contributed by atoms with Crippen LogP contribution in [0.3, 0.4) is 0 Å². The molecular weight excluding hydrogens is 346 g/mol. The number of benzene rings is 1. The van der Waals surface area contributed by atoms with Crippen molar-refractivity contribution in [1.82, 2.24) is 5.32 Å². The predicted octanol–water partition coefficient (Wildman–Crippen LogP) is 4.75. The van der Waals surface area contributed by atoms with Crippen LogP contribution in [-0.2, 0) is 0 Å². The minimum absolute atomic E-state index is 0.105. The van der Waals surface area contributed by atoms with Gasteiger partial charge in [-0.2, -0.15) is 0 Å². The standard InChI is InChI=1S/C14H19BrClNOS/c1-4-14(2,7-8-15)17-13(18)11-9-10(19-3)5-6-12(11)16/h5-6,9H,4,7-8H2,1-3H3,(H,17,18). The van der Waals surface area contributed by atoms with E-state index in [4.69, 9.17) is 11.6 Å². The highest BCUT2D eigenvalue weighted by Gasteiger charge is 2.25. The number of halogens is 2. The Labute approximate surface area is 132 Å². The summed E-state index contributed by atoms with van der Waals surface area (Å²) in [6.45, 7) is 4.13. The summed E-state index contributed by atoms with van der Waals surface area (Å²) in [7, 11) is 0. The maximum atomic E-state index is 12.4. The minimum atomic E-state index is -0.209. The molecule has 1 amide bonds. The highest BCUT2D eigenvalue weighted by Crippen LogP contribution is 2.24. The Morgan fingerprint density at radius 1 is 1.53 bits per heavy atom. The van der Waals surface area contributed by atoms with Crippen LogP contribution in [-0.4, -0.2) is 23.0 Å². The maximum absolute atomic E-state index is 12.4. The molecule has 1 aromatic carbocycles.